The summed E-state index contributed by atoms with van der Waals surface area (Å²) in [6.45, 7) is 1.69. The second-order valence-corrected chi connectivity index (χ2v) is 6.11. The van der Waals surface area contributed by atoms with Gasteiger partial charge in [0.05, 0.1) is 24.1 Å². The molecule has 5 nitrogen and oxygen atoms in total. The second kappa shape index (κ2) is 5.98. The SMILES string of the molecule is CCCOc1cccc2c1c(S(N)(=O)=O)cn2CC(F)F. The Hall–Kier alpha value is -1.67. The number of primary sulfonamides is 1. The third-order valence-corrected chi connectivity index (χ3v) is 3.86. The molecule has 8 heteroatoms. The summed E-state index contributed by atoms with van der Waals surface area (Å²) in [5.41, 5.74) is 0.355. The van der Waals surface area contributed by atoms with Gasteiger partial charge in [-0.3, -0.25) is 0 Å². The molecule has 2 rings (SSSR count). The van der Waals surface area contributed by atoms with Crippen LogP contribution >= 0.6 is 0 Å². The summed E-state index contributed by atoms with van der Waals surface area (Å²) in [5, 5.41) is 5.42. The minimum Gasteiger partial charge on any atom is -0.493 e. The van der Waals surface area contributed by atoms with Crippen LogP contribution in [0.2, 0.25) is 0 Å². The summed E-state index contributed by atoms with van der Waals surface area (Å²) in [5.74, 6) is 0.325. The van der Waals surface area contributed by atoms with E-state index in [1.165, 1.54) is 4.57 Å². The van der Waals surface area contributed by atoms with Crippen molar-refractivity contribution in [3.05, 3.63) is 24.4 Å². The Morgan fingerprint density at radius 1 is 1.38 bits per heavy atom. The van der Waals surface area contributed by atoms with Crippen LogP contribution in [-0.4, -0.2) is 26.0 Å². The molecular formula is C13H16F2N2O3S. The lowest BCUT2D eigenvalue weighted by molar-refractivity contribution is 0.128. The summed E-state index contributed by atoms with van der Waals surface area (Å²) < 4.78 is 55.3. The third-order valence-electron chi connectivity index (χ3n) is 2.94. The van der Waals surface area contributed by atoms with Crippen LogP contribution in [0, 0.1) is 0 Å². The van der Waals surface area contributed by atoms with Gasteiger partial charge in [0.2, 0.25) is 10.0 Å². The van der Waals surface area contributed by atoms with Gasteiger partial charge in [0.25, 0.3) is 6.43 Å². The van der Waals surface area contributed by atoms with Crippen LogP contribution in [0.25, 0.3) is 10.9 Å². The Kier molecular flexibility index (Phi) is 4.48. The van der Waals surface area contributed by atoms with Crippen LogP contribution in [0.3, 0.4) is 0 Å². The first kappa shape index (κ1) is 15.7. The van der Waals surface area contributed by atoms with Gasteiger partial charge in [0.1, 0.15) is 10.6 Å². The van der Waals surface area contributed by atoms with Crippen molar-refractivity contribution >= 4 is 20.9 Å². The average Bonchev–Trinajstić information content (AvgIpc) is 2.75. The first-order valence-corrected chi connectivity index (χ1v) is 7.94. The second-order valence-electron chi connectivity index (χ2n) is 4.58. The fraction of sp³-hybridized carbons (Fsp3) is 0.385. The third kappa shape index (κ3) is 3.33. The van der Waals surface area contributed by atoms with E-state index in [0.29, 0.717) is 17.9 Å². The molecular weight excluding hydrogens is 302 g/mol. The molecule has 0 aliphatic heterocycles. The molecule has 0 spiro atoms. The predicted molar refractivity (Wildman–Crippen MR) is 75.1 cm³/mol. The number of halogens is 2. The Balaban J connectivity index is 2.69. The minimum atomic E-state index is -4.04. The normalized spacial score (nSPS) is 12.2. The van der Waals surface area contributed by atoms with E-state index in [0.717, 1.165) is 12.6 Å². The molecule has 0 bridgehead atoms. The number of aromatic nitrogens is 1. The molecule has 0 unspecified atom stereocenters. The molecule has 1 aromatic carbocycles. The van der Waals surface area contributed by atoms with Gasteiger partial charge in [-0.2, -0.15) is 0 Å². The van der Waals surface area contributed by atoms with E-state index in [4.69, 9.17) is 9.88 Å². The number of ether oxygens (including phenoxy) is 1. The van der Waals surface area contributed by atoms with Crippen molar-refractivity contribution in [1.29, 1.82) is 0 Å². The molecule has 2 N–H and O–H groups in total. The topological polar surface area (TPSA) is 74.3 Å². The number of benzene rings is 1. The highest BCUT2D eigenvalue weighted by Crippen LogP contribution is 2.33. The maximum Gasteiger partial charge on any atom is 0.256 e. The van der Waals surface area contributed by atoms with Crippen LogP contribution < -0.4 is 9.88 Å². The summed E-state index contributed by atoms with van der Waals surface area (Å²) >= 11 is 0. The van der Waals surface area contributed by atoms with E-state index in [-0.39, 0.29) is 10.3 Å². The van der Waals surface area contributed by atoms with Gasteiger partial charge in [-0.15, -0.1) is 0 Å². The first-order chi connectivity index (χ1) is 9.84. The highest BCUT2D eigenvalue weighted by molar-refractivity contribution is 7.89. The molecule has 21 heavy (non-hydrogen) atoms. The van der Waals surface area contributed by atoms with Gasteiger partial charge < -0.3 is 9.30 Å². The molecule has 0 atom stereocenters. The zero-order valence-electron chi connectivity index (χ0n) is 11.4. The number of sulfonamides is 1. The van der Waals surface area contributed by atoms with E-state index in [2.05, 4.69) is 0 Å². The predicted octanol–water partition coefficient (Wildman–Crippen LogP) is 2.34. The zero-order chi connectivity index (χ0) is 15.6. The van der Waals surface area contributed by atoms with E-state index < -0.39 is 23.0 Å². The molecule has 0 fully saturated rings. The quantitative estimate of drug-likeness (QED) is 0.888. The van der Waals surface area contributed by atoms with Crippen molar-refractivity contribution in [2.24, 2.45) is 5.14 Å². The van der Waals surface area contributed by atoms with Crippen LogP contribution in [0.15, 0.2) is 29.3 Å². The van der Waals surface area contributed by atoms with Crippen molar-refractivity contribution in [3.63, 3.8) is 0 Å². The lowest BCUT2D eigenvalue weighted by atomic mass is 10.2. The summed E-state index contributed by atoms with van der Waals surface area (Å²) in [6.07, 6.45) is -0.738. The van der Waals surface area contributed by atoms with Gasteiger partial charge >= 0.3 is 0 Å². The lowest BCUT2D eigenvalue weighted by Crippen LogP contribution is -2.12. The summed E-state index contributed by atoms with van der Waals surface area (Å²) in [6, 6.07) is 4.78. The molecule has 0 amide bonds. The van der Waals surface area contributed by atoms with Crippen LogP contribution in [-0.2, 0) is 16.6 Å². The van der Waals surface area contributed by atoms with E-state index in [9.17, 15) is 17.2 Å². The molecule has 0 radical (unpaired) electrons. The Labute approximate surface area is 121 Å². The molecule has 0 aliphatic carbocycles. The lowest BCUT2D eigenvalue weighted by Gasteiger charge is -2.08. The fourth-order valence-corrected chi connectivity index (χ4v) is 2.89. The molecule has 0 aliphatic rings. The van der Waals surface area contributed by atoms with Gasteiger partial charge in [-0.1, -0.05) is 13.0 Å². The number of nitrogens with two attached hydrogens (primary N) is 1. The highest BCUT2D eigenvalue weighted by Gasteiger charge is 2.22. The Bertz CT molecular complexity index is 741. The monoisotopic (exact) mass is 318 g/mol. The number of nitrogens with zero attached hydrogens (tertiary/aromatic N) is 1. The molecule has 1 aromatic heterocycles. The summed E-state index contributed by atoms with van der Waals surface area (Å²) in [4.78, 5) is -0.204. The minimum absolute atomic E-state index is 0.204. The average molecular weight is 318 g/mol. The van der Waals surface area contributed by atoms with Crippen molar-refractivity contribution in [3.8, 4) is 5.75 Å². The fourth-order valence-electron chi connectivity index (χ4n) is 2.13. The number of fused-ring (bicyclic) bond motifs is 1. The number of alkyl halides is 2. The summed E-state index contributed by atoms with van der Waals surface area (Å²) in [7, 11) is -4.04. The first-order valence-electron chi connectivity index (χ1n) is 6.40. The van der Waals surface area contributed by atoms with Crippen LogP contribution in [0.4, 0.5) is 8.78 Å². The van der Waals surface area contributed by atoms with Crippen molar-refractivity contribution in [1.82, 2.24) is 4.57 Å². The highest BCUT2D eigenvalue weighted by atomic mass is 32.2. The molecule has 0 saturated heterocycles. The van der Waals surface area contributed by atoms with E-state index in [1.54, 1.807) is 18.2 Å². The number of hydrogen-bond acceptors (Lipinski definition) is 3. The zero-order valence-corrected chi connectivity index (χ0v) is 12.2. The largest absolute Gasteiger partial charge is 0.493 e. The number of hydrogen-bond donors (Lipinski definition) is 1. The maximum atomic E-state index is 12.6. The van der Waals surface area contributed by atoms with Gasteiger partial charge in [-0.25, -0.2) is 22.3 Å². The molecule has 1 heterocycles. The molecule has 0 saturated carbocycles. The molecule has 2 aromatic rings. The van der Waals surface area contributed by atoms with Gasteiger partial charge in [0, 0.05) is 6.20 Å². The Morgan fingerprint density at radius 2 is 2.10 bits per heavy atom. The van der Waals surface area contributed by atoms with Crippen molar-refractivity contribution in [2.45, 2.75) is 31.2 Å². The number of rotatable bonds is 6. The van der Waals surface area contributed by atoms with Crippen molar-refractivity contribution in [2.75, 3.05) is 6.61 Å². The van der Waals surface area contributed by atoms with Crippen LogP contribution in [0.1, 0.15) is 13.3 Å². The van der Waals surface area contributed by atoms with Crippen LogP contribution in [0.5, 0.6) is 5.75 Å². The maximum absolute atomic E-state index is 12.6. The Morgan fingerprint density at radius 3 is 2.67 bits per heavy atom. The van der Waals surface area contributed by atoms with Crippen molar-refractivity contribution < 1.29 is 21.9 Å². The van der Waals surface area contributed by atoms with E-state index in [1.807, 2.05) is 6.92 Å². The standard InChI is InChI=1S/C13H16F2N2O3S/c1-2-6-20-10-5-3-4-9-13(10)11(21(16,18)19)7-17(9)8-12(14)15/h3-5,7,12H,2,6,8H2,1H3,(H2,16,18,19). The smallest absolute Gasteiger partial charge is 0.256 e. The van der Waals surface area contributed by atoms with Gasteiger partial charge in [-0.05, 0) is 18.6 Å². The molecule has 116 valence electrons. The van der Waals surface area contributed by atoms with Gasteiger partial charge in [0.15, 0.2) is 0 Å². The van der Waals surface area contributed by atoms with E-state index >= 15 is 0 Å².